The number of aliphatic hydroxyl groups is 1. The highest BCUT2D eigenvalue weighted by Gasteiger charge is 2.58. The van der Waals surface area contributed by atoms with E-state index >= 15 is 0 Å². The average Bonchev–Trinajstić information content (AvgIpc) is 3.80. The number of carbonyl (C=O) groups is 4. The summed E-state index contributed by atoms with van der Waals surface area (Å²) in [4.78, 5) is 56.2. The van der Waals surface area contributed by atoms with E-state index < -0.39 is 89.3 Å². The molecule has 0 saturated carbocycles. The number of unbranched alkanes of at least 4 members (excludes halogenated alkanes) is 1. The van der Waals surface area contributed by atoms with Gasteiger partial charge in [-0.25, -0.2) is 9.59 Å². The predicted molar refractivity (Wildman–Crippen MR) is 238 cm³/mol. The molecular weight excluding hydrogens is 827 g/mol. The molecule has 3 aliphatic rings. The number of rotatable bonds is 11. The lowest BCUT2D eigenvalue weighted by atomic mass is 9.78. The Balaban J connectivity index is 1.32. The SMILES string of the molecule is CC[C@H]1OC(=O)[C@H](C)C(=O)[C@H](C)[C@@H](O[C@@H]2OC(C)CC(N)C2O)[C@](C)(OC)C[C@@H](C)CN[C@H](C)[C@H]2N(CCCCn3cc(-c4cccc(NC(=O)OC(C)(C)C)c4)nn3)C(=O)O[C@]12C. The number of nitrogens with zero attached hydrogens (tertiary/aromatic N) is 4. The van der Waals surface area contributed by atoms with Gasteiger partial charge in [-0.3, -0.25) is 24.5 Å². The van der Waals surface area contributed by atoms with Crippen molar-refractivity contribution < 1.29 is 52.7 Å². The van der Waals surface area contributed by atoms with Crippen LogP contribution in [0.25, 0.3) is 11.3 Å². The molecule has 2 aromatic rings. The predicted octanol–water partition coefficient (Wildman–Crippen LogP) is 5.45. The second kappa shape index (κ2) is 21.0. The van der Waals surface area contributed by atoms with Crippen LogP contribution in [0.1, 0.15) is 108 Å². The van der Waals surface area contributed by atoms with Crippen molar-refractivity contribution in [3.05, 3.63) is 30.5 Å². The van der Waals surface area contributed by atoms with Gasteiger partial charge in [0.25, 0.3) is 0 Å². The second-order valence-electron chi connectivity index (χ2n) is 19.5. The van der Waals surface area contributed by atoms with E-state index in [2.05, 4.69) is 27.9 Å². The molecule has 64 heavy (non-hydrogen) atoms. The molecule has 3 unspecified atom stereocenters. The molecule has 18 nitrogen and oxygen atoms in total. The van der Waals surface area contributed by atoms with E-state index in [-0.39, 0.29) is 18.1 Å². The number of ether oxygens (including phenoxy) is 6. The molecule has 13 atom stereocenters. The molecule has 5 rings (SSSR count). The van der Waals surface area contributed by atoms with Crippen LogP contribution in [0.5, 0.6) is 0 Å². The van der Waals surface area contributed by atoms with Crippen molar-refractivity contribution in [2.75, 3.05) is 25.5 Å². The Morgan fingerprint density at radius 3 is 2.47 bits per heavy atom. The molecule has 3 saturated heterocycles. The van der Waals surface area contributed by atoms with Crippen LogP contribution in [-0.4, -0.2) is 135 Å². The van der Waals surface area contributed by atoms with Crippen molar-refractivity contribution in [2.24, 2.45) is 23.5 Å². The average molecular weight is 900 g/mol. The highest BCUT2D eigenvalue weighted by atomic mass is 16.7. The first-order valence-electron chi connectivity index (χ1n) is 22.8. The molecule has 0 radical (unpaired) electrons. The summed E-state index contributed by atoms with van der Waals surface area (Å²) in [7, 11) is 1.56. The monoisotopic (exact) mass is 900 g/mol. The summed E-state index contributed by atoms with van der Waals surface area (Å²) in [6.45, 7) is 21.4. The Hall–Kier alpha value is -4.20. The molecule has 4 heterocycles. The number of amides is 2. The van der Waals surface area contributed by atoms with Crippen molar-refractivity contribution in [3.63, 3.8) is 0 Å². The van der Waals surface area contributed by atoms with Crippen molar-refractivity contribution in [3.8, 4) is 11.3 Å². The van der Waals surface area contributed by atoms with Gasteiger partial charge in [-0.2, -0.15) is 0 Å². The van der Waals surface area contributed by atoms with Crippen LogP contribution in [0, 0.1) is 17.8 Å². The highest BCUT2D eigenvalue weighted by Crippen LogP contribution is 2.40. The molecule has 0 bridgehead atoms. The number of ketones is 1. The van der Waals surface area contributed by atoms with Crippen molar-refractivity contribution in [1.29, 1.82) is 0 Å². The summed E-state index contributed by atoms with van der Waals surface area (Å²) in [5.74, 6) is -3.33. The number of methoxy groups -OCH3 is 1. The Morgan fingerprint density at radius 2 is 1.80 bits per heavy atom. The molecular formula is C46H73N7O11. The fourth-order valence-corrected chi connectivity index (χ4v) is 9.48. The molecule has 2 amide bonds. The zero-order valence-corrected chi connectivity index (χ0v) is 39.8. The van der Waals surface area contributed by atoms with Gasteiger partial charge >= 0.3 is 18.2 Å². The fourth-order valence-electron chi connectivity index (χ4n) is 9.48. The summed E-state index contributed by atoms with van der Waals surface area (Å²) in [6.07, 6.45) is -1.18. The lowest BCUT2D eigenvalue weighted by Gasteiger charge is -2.45. The quantitative estimate of drug-likeness (QED) is 0.0952. The van der Waals surface area contributed by atoms with Crippen molar-refractivity contribution >= 4 is 29.6 Å². The second-order valence-corrected chi connectivity index (χ2v) is 19.5. The first-order valence-corrected chi connectivity index (χ1v) is 22.8. The number of aromatic nitrogens is 3. The van der Waals surface area contributed by atoms with Crippen molar-refractivity contribution in [1.82, 2.24) is 25.2 Å². The molecule has 18 heteroatoms. The van der Waals surface area contributed by atoms with Crippen LogP contribution in [0.4, 0.5) is 15.3 Å². The van der Waals surface area contributed by atoms with Gasteiger partial charge < -0.3 is 44.6 Å². The Kier molecular flexibility index (Phi) is 16.6. The van der Waals surface area contributed by atoms with Gasteiger partial charge in [-0.1, -0.05) is 38.1 Å². The van der Waals surface area contributed by atoms with E-state index in [1.54, 1.807) is 63.4 Å². The third-order valence-corrected chi connectivity index (χ3v) is 12.8. The highest BCUT2D eigenvalue weighted by molar-refractivity contribution is 6.00. The third-order valence-electron chi connectivity index (χ3n) is 12.8. The van der Waals surface area contributed by atoms with Gasteiger partial charge in [-0.05, 0) is 112 Å². The van der Waals surface area contributed by atoms with Gasteiger partial charge in [0.05, 0.1) is 30.0 Å². The van der Waals surface area contributed by atoms with E-state index in [9.17, 15) is 24.3 Å². The smallest absolute Gasteiger partial charge is 0.412 e. The number of hydrogen-bond acceptors (Lipinski definition) is 15. The Labute approximate surface area is 377 Å². The third kappa shape index (κ3) is 12.0. The van der Waals surface area contributed by atoms with Crippen LogP contribution < -0.4 is 16.4 Å². The number of aliphatic hydroxyl groups excluding tert-OH is 1. The maximum Gasteiger partial charge on any atom is 0.412 e. The first kappa shape index (κ1) is 50.8. The largest absolute Gasteiger partial charge is 0.458 e. The van der Waals surface area contributed by atoms with Crippen molar-refractivity contribution in [2.45, 2.75) is 180 Å². The van der Waals surface area contributed by atoms with E-state index in [1.807, 2.05) is 46.0 Å². The number of anilines is 1. The number of aryl methyl sites for hydroxylation is 1. The lowest BCUT2D eigenvalue weighted by molar-refractivity contribution is -0.288. The number of esters is 1. The molecule has 3 fully saturated rings. The van der Waals surface area contributed by atoms with Crippen LogP contribution in [0.2, 0.25) is 0 Å². The van der Waals surface area contributed by atoms with E-state index in [4.69, 9.17) is 34.2 Å². The number of nitrogens with one attached hydrogen (secondary N) is 2. The Bertz CT molecular complexity index is 1930. The maximum atomic E-state index is 14.3. The van der Waals surface area contributed by atoms with Gasteiger partial charge in [0.15, 0.2) is 17.7 Å². The number of hydrogen-bond donors (Lipinski definition) is 4. The standard InChI is InChI=1S/C46H73N7O11/c1-13-35-46(11)38(53(43(58)64-46)20-15-14-19-52-25-34(50-51-52)31-17-16-18-32(22-31)49-42(57)63-44(7,8)9)30(6)48-24-26(2)23-45(10,59-12)39(28(4)36(54)29(5)40(56)61-35)62-41-37(55)33(47)21-27(3)60-41/h16-18,22,25-30,33,35,37-39,41,48,55H,13-15,19-21,23-24,47H2,1-12H3,(H,49,57)/t26-,27?,28+,29-,30-,33?,35-,37?,38-,39-,41+,45-,46-/m1/s1. The zero-order valence-electron chi connectivity index (χ0n) is 39.8. The van der Waals surface area contributed by atoms with E-state index in [0.717, 1.165) is 5.56 Å². The lowest BCUT2D eigenvalue weighted by Crippen LogP contribution is -2.61. The van der Waals surface area contributed by atoms with Gasteiger partial charge in [0, 0.05) is 49.5 Å². The van der Waals surface area contributed by atoms with Gasteiger partial charge in [0.1, 0.15) is 29.4 Å². The molecule has 1 aromatic carbocycles. The van der Waals surface area contributed by atoms with Crippen LogP contribution in [0.3, 0.4) is 0 Å². The summed E-state index contributed by atoms with van der Waals surface area (Å²) < 4.78 is 38.2. The number of fused-ring (bicyclic) bond motifs is 1. The summed E-state index contributed by atoms with van der Waals surface area (Å²) in [5, 5.41) is 26.1. The van der Waals surface area contributed by atoms with E-state index in [0.29, 0.717) is 63.1 Å². The summed E-state index contributed by atoms with van der Waals surface area (Å²) in [6, 6.07) is 5.79. The topological polar surface area (TPSA) is 228 Å². The minimum atomic E-state index is -1.27. The number of carbonyl (C=O) groups excluding carboxylic acids is 4. The number of cyclic esters (lactones) is 1. The fraction of sp³-hybridized carbons (Fsp3) is 0.739. The Morgan fingerprint density at radius 1 is 1.09 bits per heavy atom. The number of benzene rings is 1. The number of Topliss-reactive ketones (excluding diaryl/α,β-unsaturated/α-hetero) is 1. The van der Waals surface area contributed by atoms with Crippen LogP contribution in [-0.2, 0) is 44.6 Å². The normalized spacial score (nSPS) is 34.6. The molecule has 0 spiro atoms. The molecule has 0 aliphatic carbocycles. The summed E-state index contributed by atoms with van der Waals surface area (Å²) in [5.41, 5.74) is 5.24. The minimum Gasteiger partial charge on any atom is -0.458 e. The summed E-state index contributed by atoms with van der Waals surface area (Å²) >= 11 is 0. The zero-order chi connectivity index (χ0) is 47.3. The maximum absolute atomic E-state index is 14.3. The van der Waals surface area contributed by atoms with E-state index in [1.165, 1.54) is 6.92 Å². The number of nitrogens with two attached hydrogens (primary N) is 1. The minimum absolute atomic E-state index is 0.0457. The van der Waals surface area contributed by atoms with Crippen LogP contribution >= 0.6 is 0 Å². The van der Waals surface area contributed by atoms with Gasteiger partial charge in [0.2, 0.25) is 0 Å². The molecule has 5 N–H and O–H groups in total. The molecule has 1 aromatic heterocycles. The van der Waals surface area contributed by atoms with Crippen LogP contribution in [0.15, 0.2) is 30.5 Å². The molecule has 358 valence electrons. The molecule has 3 aliphatic heterocycles. The first-order chi connectivity index (χ1) is 30.0. The van der Waals surface area contributed by atoms with Gasteiger partial charge in [-0.15, -0.1) is 5.10 Å².